The Balaban J connectivity index is 2.84. The lowest BCUT2D eigenvalue weighted by molar-refractivity contribution is -0.119. The van der Waals surface area contributed by atoms with Gasteiger partial charge in [-0.1, -0.05) is 0 Å². The van der Waals surface area contributed by atoms with E-state index in [-0.39, 0.29) is 24.4 Å². The fourth-order valence-corrected chi connectivity index (χ4v) is 2.38. The highest BCUT2D eigenvalue weighted by Crippen LogP contribution is 2.19. The molecule has 0 fully saturated rings. The van der Waals surface area contributed by atoms with E-state index in [1.165, 1.54) is 11.3 Å². The SMILES string of the molecule is CC(C)N(CC(N)=O)Cc1ccsc1C(=O)NN. The second-order valence-corrected chi connectivity index (χ2v) is 5.13. The summed E-state index contributed by atoms with van der Waals surface area (Å²) in [6.45, 7) is 4.60. The summed E-state index contributed by atoms with van der Waals surface area (Å²) < 4.78 is 0. The van der Waals surface area contributed by atoms with Crippen LogP contribution in [0.1, 0.15) is 29.1 Å². The quantitative estimate of drug-likeness (QED) is 0.386. The molecule has 7 heteroatoms. The van der Waals surface area contributed by atoms with Crippen LogP contribution in [0.2, 0.25) is 0 Å². The van der Waals surface area contributed by atoms with E-state index in [1.807, 2.05) is 30.2 Å². The van der Waals surface area contributed by atoms with E-state index in [2.05, 4.69) is 5.43 Å². The van der Waals surface area contributed by atoms with Crippen LogP contribution in [0.5, 0.6) is 0 Å². The Kier molecular flexibility index (Phi) is 5.26. The highest BCUT2D eigenvalue weighted by Gasteiger charge is 2.18. The molecule has 1 rings (SSSR count). The third kappa shape index (κ3) is 3.80. The average Bonchev–Trinajstić information content (AvgIpc) is 2.74. The Bertz CT molecular complexity index is 430. The molecule has 1 heterocycles. The number of nitrogens with one attached hydrogen (secondary N) is 1. The van der Waals surface area contributed by atoms with Gasteiger partial charge in [-0.25, -0.2) is 5.84 Å². The maximum absolute atomic E-state index is 11.5. The number of nitrogens with two attached hydrogens (primary N) is 2. The molecule has 0 saturated carbocycles. The number of hydrogen-bond donors (Lipinski definition) is 3. The topological polar surface area (TPSA) is 101 Å². The van der Waals surface area contributed by atoms with E-state index < -0.39 is 0 Å². The van der Waals surface area contributed by atoms with Gasteiger partial charge in [-0.3, -0.25) is 19.9 Å². The minimum absolute atomic E-state index is 0.159. The van der Waals surface area contributed by atoms with Crippen LogP contribution in [0.4, 0.5) is 0 Å². The van der Waals surface area contributed by atoms with Gasteiger partial charge in [-0.2, -0.15) is 0 Å². The number of amides is 2. The number of nitrogen functional groups attached to an aromatic ring is 1. The van der Waals surface area contributed by atoms with Crippen molar-refractivity contribution in [1.29, 1.82) is 0 Å². The lowest BCUT2D eigenvalue weighted by atomic mass is 10.2. The van der Waals surface area contributed by atoms with Gasteiger partial charge in [-0.15, -0.1) is 11.3 Å². The molecule has 1 aromatic rings. The molecule has 0 spiro atoms. The minimum Gasteiger partial charge on any atom is -0.369 e. The molecule has 0 aliphatic carbocycles. The predicted molar refractivity (Wildman–Crippen MR) is 70.7 cm³/mol. The first-order valence-electron chi connectivity index (χ1n) is 5.55. The molecule has 18 heavy (non-hydrogen) atoms. The summed E-state index contributed by atoms with van der Waals surface area (Å²) in [5.41, 5.74) is 8.16. The van der Waals surface area contributed by atoms with Crippen LogP contribution in [0.15, 0.2) is 11.4 Å². The Hall–Kier alpha value is -1.44. The molecule has 100 valence electrons. The van der Waals surface area contributed by atoms with Crippen molar-refractivity contribution in [1.82, 2.24) is 10.3 Å². The summed E-state index contributed by atoms with van der Waals surface area (Å²) in [6.07, 6.45) is 0. The first-order valence-corrected chi connectivity index (χ1v) is 6.43. The average molecular weight is 270 g/mol. The van der Waals surface area contributed by atoms with E-state index in [9.17, 15) is 9.59 Å². The Morgan fingerprint density at radius 2 is 2.17 bits per heavy atom. The van der Waals surface area contributed by atoms with E-state index >= 15 is 0 Å². The smallest absolute Gasteiger partial charge is 0.275 e. The van der Waals surface area contributed by atoms with Gasteiger partial charge in [0.1, 0.15) is 0 Å². The standard InChI is InChI=1S/C11H18N4O2S/c1-7(2)15(6-9(12)16)5-8-3-4-18-10(8)11(17)14-13/h3-4,7H,5-6,13H2,1-2H3,(H2,12,16)(H,14,17). The van der Waals surface area contributed by atoms with Crippen LogP contribution in [0.3, 0.4) is 0 Å². The maximum Gasteiger partial charge on any atom is 0.275 e. The Labute approximate surface area is 110 Å². The molecule has 0 aromatic carbocycles. The molecule has 6 nitrogen and oxygen atoms in total. The Morgan fingerprint density at radius 3 is 2.67 bits per heavy atom. The van der Waals surface area contributed by atoms with Crippen LogP contribution < -0.4 is 17.0 Å². The van der Waals surface area contributed by atoms with Crippen molar-refractivity contribution in [3.8, 4) is 0 Å². The van der Waals surface area contributed by atoms with Crippen molar-refractivity contribution in [2.45, 2.75) is 26.4 Å². The summed E-state index contributed by atoms with van der Waals surface area (Å²) in [4.78, 5) is 25.0. The van der Waals surface area contributed by atoms with E-state index in [4.69, 9.17) is 11.6 Å². The van der Waals surface area contributed by atoms with Gasteiger partial charge in [0.2, 0.25) is 5.91 Å². The van der Waals surface area contributed by atoms with Crippen LogP contribution >= 0.6 is 11.3 Å². The molecule has 0 aliphatic heterocycles. The van der Waals surface area contributed by atoms with Crippen LogP contribution in [-0.2, 0) is 11.3 Å². The van der Waals surface area contributed by atoms with Gasteiger partial charge in [0.05, 0.1) is 11.4 Å². The number of carbonyl (C=O) groups excluding carboxylic acids is 2. The summed E-state index contributed by atoms with van der Waals surface area (Å²) in [6, 6.07) is 2.01. The fraction of sp³-hybridized carbons (Fsp3) is 0.455. The monoisotopic (exact) mass is 270 g/mol. The van der Waals surface area contributed by atoms with Crippen molar-refractivity contribution < 1.29 is 9.59 Å². The first-order chi connectivity index (χ1) is 8.45. The first kappa shape index (κ1) is 14.6. The molecule has 0 bridgehead atoms. The summed E-state index contributed by atoms with van der Waals surface area (Å²) in [7, 11) is 0. The van der Waals surface area contributed by atoms with Crippen LogP contribution in [0, 0.1) is 0 Å². The zero-order valence-electron chi connectivity index (χ0n) is 10.5. The van der Waals surface area contributed by atoms with E-state index in [0.29, 0.717) is 11.4 Å². The zero-order chi connectivity index (χ0) is 13.7. The third-order valence-corrected chi connectivity index (χ3v) is 3.50. The van der Waals surface area contributed by atoms with Crippen molar-refractivity contribution in [2.75, 3.05) is 6.54 Å². The summed E-state index contributed by atoms with van der Waals surface area (Å²) in [5, 5.41) is 1.82. The van der Waals surface area contributed by atoms with Gasteiger partial charge < -0.3 is 5.73 Å². The maximum atomic E-state index is 11.5. The molecule has 2 amide bonds. The molecular weight excluding hydrogens is 252 g/mol. The van der Waals surface area contributed by atoms with Crippen LogP contribution in [0.25, 0.3) is 0 Å². The summed E-state index contributed by atoms with van der Waals surface area (Å²) in [5.74, 6) is 4.42. The van der Waals surface area contributed by atoms with Crippen LogP contribution in [-0.4, -0.2) is 29.3 Å². The van der Waals surface area contributed by atoms with E-state index in [0.717, 1.165) is 5.56 Å². The predicted octanol–water partition coefficient (Wildman–Crippen LogP) is 0.0473. The number of hydrazine groups is 1. The second kappa shape index (κ2) is 6.48. The number of primary amides is 1. The fourth-order valence-electron chi connectivity index (χ4n) is 1.56. The largest absolute Gasteiger partial charge is 0.369 e. The molecule has 0 aliphatic rings. The number of thiophene rings is 1. The zero-order valence-corrected chi connectivity index (χ0v) is 11.3. The third-order valence-electron chi connectivity index (χ3n) is 2.55. The molecule has 0 atom stereocenters. The molecule has 1 aromatic heterocycles. The molecule has 0 radical (unpaired) electrons. The van der Waals surface area contributed by atoms with E-state index in [1.54, 1.807) is 0 Å². The number of hydrogen-bond acceptors (Lipinski definition) is 5. The summed E-state index contributed by atoms with van der Waals surface area (Å²) >= 11 is 1.32. The van der Waals surface area contributed by atoms with Crippen molar-refractivity contribution in [3.05, 3.63) is 21.9 Å². The van der Waals surface area contributed by atoms with Gasteiger partial charge in [-0.05, 0) is 30.9 Å². The molecule has 0 saturated heterocycles. The highest BCUT2D eigenvalue weighted by molar-refractivity contribution is 7.12. The number of carbonyl (C=O) groups is 2. The van der Waals surface area contributed by atoms with Gasteiger partial charge >= 0.3 is 0 Å². The minimum atomic E-state index is -0.385. The lowest BCUT2D eigenvalue weighted by Crippen LogP contribution is -2.38. The molecule has 5 N–H and O–H groups in total. The normalized spacial score (nSPS) is 10.9. The van der Waals surface area contributed by atoms with Crippen molar-refractivity contribution in [2.24, 2.45) is 11.6 Å². The van der Waals surface area contributed by atoms with Crippen molar-refractivity contribution >= 4 is 23.2 Å². The molecule has 0 unspecified atom stereocenters. The highest BCUT2D eigenvalue weighted by atomic mass is 32.1. The van der Waals surface area contributed by atoms with Gasteiger partial charge in [0.25, 0.3) is 5.91 Å². The van der Waals surface area contributed by atoms with Crippen molar-refractivity contribution in [3.63, 3.8) is 0 Å². The second-order valence-electron chi connectivity index (χ2n) is 4.21. The van der Waals surface area contributed by atoms with Gasteiger partial charge in [0, 0.05) is 12.6 Å². The number of nitrogens with zero attached hydrogens (tertiary/aromatic N) is 1. The number of rotatable bonds is 6. The lowest BCUT2D eigenvalue weighted by Gasteiger charge is -2.24. The van der Waals surface area contributed by atoms with Gasteiger partial charge in [0.15, 0.2) is 0 Å². The molecular formula is C11H18N4O2S. The Morgan fingerprint density at radius 1 is 1.50 bits per heavy atom.